The van der Waals surface area contributed by atoms with E-state index in [0.29, 0.717) is 18.5 Å². The van der Waals surface area contributed by atoms with Crippen LogP contribution in [0.5, 0.6) is 0 Å². The number of rotatable bonds is 5. The van der Waals surface area contributed by atoms with Gasteiger partial charge < -0.3 is 10.6 Å². The first kappa shape index (κ1) is 12.2. The van der Waals surface area contributed by atoms with Gasteiger partial charge in [-0.25, -0.2) is 0 Å². The maximum absolute atomic E-state index is 11.6. The van der Waals surface area contributed by atoms with Crippen LogP contribution < -0.4 is 10.6 Å². The number of carbonyl (C=O) groups excluding carboxylic acids is 1. The summed E-state index contributed by atoms with van der Waals surface area (Å²) in [4.78, 5) is 11.6. The molecule has 1 fully saturated rings. The fourth-order valence-electron chi connectivity index (χ4n) is 2.12. The molecule has 0 bridgehead atoms. The van der Waals surface area contributed by atoms with E-state index < -0.39 is 0 Å². The molecule has 1 saturated carbocycles. The third kappa shape index (κ3) is 3.67. The minimum atomic E-state index is -0.101. The molecule has 3 heteroatoms. The first-order valence-electron chi connectivity index (χ1n) is 5.79. The minimum Gasteiger partial charge on any atom is -0.351 e. The Morgan fingerprint density at radius 3 is 2.87 bits per heavy atom. The van der Waals surface area contributed by atoms with Gasteiger partial charge in [-0.1, -0.05) is 19.4 Å². The van der Waals surface area contributed by atoms with Crippen LogP contribution >= 0.6 is 0 Å². The molecule has 1 amide bonds. The van der Waals surface area contributed by atoms with E-state index in [1.807, 2.05) is 6.92 Å². The lowest BCUT2D eigenvalue weighted by Crippen LogP contribution is -2.47. The minimum absolute atomic E-state index is 0.0639. The van der Waals surface area contributed by atoms with Crippen molar-refractivity contribution < 1.29 is 4.79 Å². The Kier molecular flexibility index (Phi) is 4.82. The molecule has 0 radical (unpaired) electrons. The molecule has 1 aliphatic rings. The topological polar surface area (TPSA) is 41.1 Å². The molecule has 1 aliphatic carbocycles. The predicted molar refractivity (Wildman–Crippen MR) is 62.6 cm³/mol. The van der Waals surface area contributed by atoms with Gasteiger partial charge in [0, 0.05) is 12.6 Å². The van der Waals surface area contributed by atoms with Crippen molar-refractivity contribution in [3.05, 3.63) is 12.7 Å². The van der Waals surface area contributed by atoms with E-state index in [1.165, 1.54) is 19.3 Å². The molecule has 0 spiro atoms. The van der Waals surface area contributed by atoms with Crippen LogP contribution in [0.15, 0.2) is 12.7 Å². The van der Waals surface area contributed by atoms with E-state index in [0.717, 1.165) is 0 Å². The van der Waals surface area contributed by atoms with Crippen molar-refractivity contribution in [2.24, 2.45) is 5.92 Å². The number of amides is 1. The second-order valence-electron chi connectivity index (χ2n) is 4.44. The summed E-state index contributed by atoms with van der Waals surface area (Å²) in [5.41, 5.74) is 0. The molecule has 3 atom stereocenters. The van der Waals surface area contributed by atoms with Crippen LogP contribution in [0.2, 0.25) is 0 Å². The zero-order valence-electron chi connectivity index (χ0n) is 9.75. The van der Waals surface area contributed by atoms with Crippen molar-refractivity contribution in [2.75, 3.05) is 6.54 Å². The number of carbonyl (C=O) groups is 1. The quantitative estimate of drug-likeness (QED) is 0.674. The smallest absolute Gasteiger partial charge is 0.237 e. The molecule has 2 N–H and O–H groups in total. The molecule has 0 saturated heterocycles. The van der Waals surface area contributed by atoms with Gasteiger partial charge >= 0.3 is 0 Å². The van der Waals surface area contributed by atoms with Crippen LogP contribution in [-0.4, -0.2) is 24.5 Å². The summed E-state index contributed by atoms with van der Waals surface area (Å²) >= 11 is 0. The lowest BCUT2D eigenvalue weighted by atomic mass is 10.1. The highest BCUT2D eigenvalue weighted by Crippen LogP contribution is 2.24. The predicted octanol–water partition coefficient (Wildman–Crippen LogP) is 1.46. The van der Waals surface area contributed by atoms with E-state index in [9.17, 15) is 4.79 Å². The van der Waals surface area contributed by atoms with Gasteiger partial charge in [-0.2, -0.15) is 0 Å². The van der Waals surface area contributed by atoms with Gasteiger partial charge in [0.05, 0.1) is 6.04 Å². The third-order valence-corrected chi connectivity index (χ3v) is 3.14. The zero-order chi connectivity index (χ0) is 11.3. The maximum atomic E-state index is 11.6. The monoisotopic (exact) mass is 210 g/mol. The van der Waals surface area contributed by atoms with Crippen molar-refractivity contribution in [1.82, 2.24) is 10.6 Å². The lowest BCUT2D eigenvalue weighted by molar-refractivity contribution is -0.122. The number of hydrogen-bond donors (Lipinski definition) is 2. The molecular weight excluding hydrogens is 188 g/mol. The Morgan fingerprint density at radius 2 is 2.33 bits per heavy atom. The first-order chi connectivity index (χ1) is 7.15. The van der Waals surface area contributed by atoms with Crippen LogP contribution in [0.1, 0.15) is 33.1 Å². The fraction of sp³-hybridized carbons (Fsp3) is 0.750. The third-order valence-electron chi connectivity index (χ3n) is 3.14. The normalized spacial score (nSPS) is 27.3. The second-order valence-corrected chi connectivity index (χ2v) is 4.44. The number of hydrogen-bond acceptors (Lipinski definition) is 2. The molecule has 3 nitrogen and oxygen atoms in total. The average Bonchev–Trinajstić information content (AvgIpc) is 2.61. The highest BCUT2D eigenvalue weighted by Gasteiger charge is 2.26. The van der Waals surface area contributed by atoms with Gasteiger partial charge in [-0.15, -0.1) is 6.58 Å². The Labute approximate surface area is 92.3 Å². The fourth-order valence-corrected chi connectivity index (χ4v) is 2.12. The van der Waals surface area contributed by atoms with Crippen molar-refractivity contribution >= 4 is 5.91 Å². The zero-order valence-corrected chi connectivity index (χ0v) is 9.75. The van der Waals surface area contributed by atoms with Gasteiger partial charge in [0.25, 0.3) is 0 Å². The average molecular weight is 210 g/mol. The SMILES string of the molecule is C=CCNC(=O)C(C)NC1CCCC1C. The molecule has 0 aromatic rings. The lowest BCUT2D eigenvalue weighted by Gasteiger charge is -2.22. The second kappa shape index (κ2) is 5.91. The van der Waals surface area contributed by atoms with Gasteiger partial charge in [0.15, 0.2) is 0 Å². The van der Waals surface area contributed by atoms with Crippen molar-refractivity contribution in [2.45, 2.75) is 45.2 Å². The van der Waals surface area contributed by atoms with E-state index in [2.05, 4.69) is 24.1 Å². The Morgan fingerprint density at radius 1 is 1.60 bits per heavy atom. The van der Waals surface area contributed by atoms with E-state index >= 15 is 0 Å². The van der Waals surface area contributed by atoms with Crippen LogP contribution in [0.4, 0.5) is 0 Å². The van der Waals surface area contributed by atoms with Crippen LogP contribution in [0.25, 0.3) is 0 Å². The van der Waals surface area contributed by atoms with E-state index in [1.54, 1.807) is 6.08 Å². The summed E-state index contributed by atoms with van der Waals surface area (Å²) < 4.78 is 0. The summed E-state index contributed by atoms with van der Waals surface area (Å²) in [6.45, 7) is 8.29. The highest BCUT2D eigenvalue weighted by atomic mass is 16.2. The first-order valence-corrected chi connectivity index (χ1v) is 5.79. The van der Waals surface area contributed by atoms with Crippen molar-refractivity contribution in [3.8, 4) is 0 Å². The van der Waals surface area contributed by atoms with Gasteiger partial charge in [-0.3, -0.25) is 4.79 Å². The van der Waals surface area contributed by atoms with E-state index in [4.69, 9.17) is 0 Å². The van der Waals surface area contributed by atoms with Crippen LogP contribution in [0, 0.1) is 5.92 Å². The molecule has 3 unspecified atom stereocenters. The molecule has 1 rings (SSSR count). The maximum Gasteiger partial charge on any atom is 0.237 e. The summed E-state index contributed by atoms with van der Waals surface area (Å²) in [6.07, 6.45) is 5.45. The van der Waals surface area contributed by atoms with Gasteiger partial charge in [-0.05, 0) is 25.7 Å². The van der Waals surface area contributed by atoms with Gasteiger partial charge in [0.1, 0.15) is 0 Å². The molecule has 0 heterocycles. The van der Waals surface area contributed by atoms with Crippen LogP contribution in [0.3, 0.4) is 0 Å². The molecule has 0 aromatic carbocycles. The molecular formula is C12H22N2O. The van der Waals surface area contributed by atoms with Crippen LogP contribution in [-0.2, 0) is 4.79 Å². The largest absolute Gasteiger partial charge is 0.351 e. The summed E-state index contributed by atoms with van der Waals surface area (Å²) in [7, 11) is 0. The summed E-state index contributed by atoms with van der Waals surface area (Å²) in [6, 6.07) is 0.407. The molecule has 0 aromatic heterocycles. The van der Waals surface area contributed by atoms with E-state index in [-0.39, 0.29) is 11.9 Å². The number of nitrogens with one attached hydrogen (secondary N) is 2. The van der Waals surface area contributed by atoms with Crippen molar-refractivity contribution in [3.63, 3.8) is 0 Å². The summed E-state index contributed by atoms with van der Waals surface area (Å²) in [5.74, 6) is 0.758. The van der Waals surface area contributed by atoms with Gasteiger partial charge in [0.2, 0.25) is 5.91 Å². The molecule has 0 aliphatic heterocycles. The molecule has 86 valence electrons. The highest BCUT2D eigenvalue weighted by molar-refractivity contribution is 5.81. The summed E-state index contributed by atoms with van der Waals surface area (Å²) in [5, 5.41) is 6.19. The standard InChI is InChI=1S/C12H22N2O/c1-4-8-13-12(15)10(3)14-11-7-5-6-9(11)2/h4,9-11,14H,1,5-8H2,2-3H3,(H,13,15). The Bertz CT molecular complexity index is 228. The Hall–Kier alpha value is -0.830. The molecule has 15 heavy (non-hydrogen) atoms. The van der Waals surface area contributed by atoms with Crippen molar-refractivity contribution in [1.29, 1.82) is 0 Å². The Balaban J connectivity index is 2.30.